The lowest BCUT2D eigenvalue weighted by Crippen LogP contribution is -2.20. The van der Waals surface area contributed by atoms with E-state index in [0.717, 1.165) is 18.4 Å². The van der Waals surface area contributed by atoms with Crippen LogP contribution in [-0.4, -0.2) is 5.91 Å². The van der Waals surface area contributed by atoms with E-state index in [1.807, 2.05) is 18.2 Å². The largest absolute Gasteiger partial charge is 0.366 e. The van der Waals surface area contributed by atoms with Gasteiger partial charge in [0.05, 0.1) is 0 Å². The van der Waals surface area contributed by atoms with E-state index in [-0.39, 0.29) is 6.04 Å². The van der Waals surface area contributed by atoms with Crippen LogP contribution < -0.4 is 11.5 Å². The monoisotopic (exact) mass is 190 g/mol. The molecule has 1 aliphatic carbocycles. The molecular formula is C11H14N2O. The van der Waals surface area contributed by atoms with E-state index in [1.165, 1.54) is 0 Å². The van der Waals surface area contributed by atoms with Crippen LogP contribution in [0.15, 0.2) is 24.3 Å². The van der Waals surface area contributed by atoms with E-state index in [2.05, 4.69) is 0 Å². The predicted molar refractivity (Wildman–Crippen MR) is 54.6 cm³/mol. The Kier molecular flexibility index (Phi) is 2.25. The zero-order valence-corrected chi connectivity index (χ0v) is 7.94. The van der Waals surface area contributed by atoms with E-state index >= 15 is 0 Å². The topological polar surface area (TPSA) is 69.1 Å². The van der Waals surface area contributed by atoms with E-state index in [9.17, 15) is 4.79 Å². The highest BCUT2D eigenvalue weighted by Crippen LogP contribution is 2.40. The third-order valence-corrected chi connectivity index (χ3v) is 2.72. The summed E-state index contributed by atoms with van der Waals surface area (Å²) < 4.78 is 0. The average Bonchev–Trinajstić information content (AvgIpc) is 3.00. The van der Waals surface area contributed by atoms with Crippen molar-refractivity contribution in [1.29, 1.82) is 0 Å². The first-order chi connectivity index (χ1) is 6.70. The first-order valence-corrected chi connectivity index (χ1v) is 4.84. The summed E-state index contributed by atoms with van der Waals surface area (Å²) in [6, 6.07) is 7.30. The molecule has 1 saturated carbocycles. The van der Waals surface area contributed by atoms with E-state index in [4.69, 9.17) is 11.5 Å². The maximum absolute atomic E-state index is 11.1. The van der Waals surface area contributed by atoms with Crippen LogP contribution in [0.4, 0.5) is 0 Å². The molecule has 0 saturated heterocycles. The molecule has 74 valence electrons. The van der Waals surface area contributed by atoms with Crippen molar-refractivity contribution in [3.05, 3.63) is 35.4 Å². The maximum Gasteiger partial charge on any atom is 0.249 e. The van der Waals surface area contributed by atoms with Gasteiger partial charge in [-0.25, -0.2) is 0 Å². The minimum absolute atomic E-state index is 0.0290. The summed E-state index contributed by atoms with van der Waals surface area (Å²) in [5.41, 5.74) is 12.8. The maximum atomic E-state index is 11.1. The summed E-state index contributed by atoms with van der Waals surface area (Å²) in [6.45, 7) is 0. The molecule has 1 aromatic rings. The smallest absolute Gasteiger partial charge is 0.249 e. The second-order valence-corrected chi connectivity index (χ2v) is 3.81. The molecule has 0 heterocycles. The Morgan fingerprint density at radius 2 is 2.00 bits per heavy atom. The normalized spacial score (nSPS) is 17.8. The van der Waals surface area contributed by atoms with Crippen molar-refractivity contribution in [2.75, 3.05) is 0 Å². The lowest BCUT2D eigenvalue weighted by atomic mass is 9.97. The SMILES string of the molecule is NC(=O)c1ccccc1[C@@H](N)C1CC1. The fourth-order valence-corrected chi connectivity index (χ4v) is 1.72. The zero-order chi connectivity index (χ0) is 10.1. The Bertz CT molecular complexity index is 358. The summed E-state index contributed by atoms with van der Waals surface area (Å²) in [6.07, 6.45) is 2.32. The molecule has 1 aliphatic rings. The number of nitrogens with two attached hydrogens (primary N) is 2. The Morgan fingerprint density at radius 3 is 2.57 bits per heavy atom. The highest BCUT2D eigenvalue weighted by molar-refractivity contribution is 5.94. The number of carbonyl (C=O) groups is 1. The van der Waals surface area contributed by atoms with Crippen LogP contribution in [0.3, 0.4) is 0 Å². The van der Waals surface area contributed by atoms with Crippen molar-refractivity contribution >= 4 is 5.91 Å². The highest BCUT2D eigenvalue weighted by atomic mass is 16.1. The molecule has 0 aliphatic heterocycles. The van der Waals surface area contributed by atoms with Crippen LogP contribution in [0, 0.1) is 5.92 Å². The molecule has 14 heavy (non-hydrogen) atoms. The molecule has 0 spiro atoms. The molecule has 0 aromatic heterocycles. The second-order valence-electron chi connectivity index (χ2n) is 3.81. The summed E-state index contributed by atoms with van der Waals surface area (Å²) in [7, 11) is 0. The van der Waals surface area contributed by atoms with Gasteiger partial charge in [-0.2, -0.15) is 0 Å². The molecule has 0 bridgehead atoms. The molecule has 1 aromatic carbocycles. The molecule has 4 N–H and O–H groups in total. The fourth-order valence-electron chi connectivity index (χ4n) is 1.72. The van der Waals surface area contributed by atoms with Gasteiger partial charge in [0.2, 0.25) is 5.91 Å². The van der Waals surface area contributed by atoms with Gasteiger partial charge >= 0.3 is 0 Å². The van der Waals surface area contributed by atoms with Crippen LogP contribution in [0.1, 0.15) is 34.8 Å². The second kappa shape index (κ2) is 3.42. The van der Waals surface area contributed by atoms with E-state index in [1.54, 1.807) is 6.07 Å². The van der Waals surface area contributed by atoms with Gasteiger partial charge in [0, 0.05) is 11.6 Å². The van der Waals surface area contributed by atoms with Crippen LogP contribution in [-0.2, 0) is 0 Å². The van der Waals surface area contributed by atoms with Crippen molar-refractivity contribution in [2.24, 2.45) is 17.4 Å². The molecule has 3 heteroatoms. The van der Waals surface area contributed by atoms with Gasteiger partial charge in [0.25, 0.3) is 0 Å². The Labute approximate surface area is 83.1 Å². The summed E-state index contributed by atoms with van der Waals surface area (Å²) in [5, 5.41) is 0. The lowest BCUT2D eigenvalue weighted by Gasteiger charge is -2.13. The van der Waals surface area contributed by atoms with Gasteiger partial charge in [0.15, 0.2) is 0 Å². The summed E-state index contributed by atoms with van der Waals surface area (Å²) in [5.74, 6) is 0.146. The van der Waals surface area contributed by atoms with Crippen molar-refractivity contribution < 1.29 is 4.79 Å². The quantitative estimate of drug-likeness (QED) is 0.751. The standard InChI is InChI=1S/C11H14N2O/c12-10(7-5-6-7)8-3-1-2-4-9(8)11(13)14/h1-4,7,10H,5-6,12H2,(H2,13,14)/t10-/m0/s1. The van der Waals surface area contributed by atoms with Gasteiger partial charge in [0.1, 0.15) is 0 Å². The lowest BCUT2D eigenvalue weighted by molar-refractivity contribution is 0.0999. The number of benzene rings is 1. The van der Waals surface area contributed by atoms with Crippen LogP contribution in [0.5, 0.6) is 0 Å². The molecule has 0 unspecified atom stereocenters. The number of primary amides is 1. The third-order valence-electron chi connectivity index (χ3n) is 2.72. The zero-order valence-electron chi connectivity index (χ0n) is 7.94. The number of hydrogen-bond donors (Lipinski definition) is 2. The fraction of sp³-hybridized carbons (Fsp3) is 0.364. The van der Waals surface area contributed by atoms with Gasteiger partial charge < -0.3 is 11.5 Å². The Hall–Kier alpha value is -1.35. The minimum atomic E-state index is -0.392. The molecule has 3 nitrogen and oxygen atoms in total. The van der Waals surface area contributed by atoms with Crippen molar-refractivity contribution in [3.8, 4) is 0 Å². The predicted octanol–water partition coefficient (Wildman–Crippen LogP) is 1.20. The Morgan fingerprint density at radius 1 is 1.36 bits per heavy atom. The van der Waals surface area contributed by atoms with Crippen LogP contribution in [0.2, 0.25) is 0 Å². The molecule has 2 rings (SSSR count). The van der Waals surface area contributed by atoms with E-state index in [0.29, 0.717) is 11.5 Å². The van der Waals surface area contributed by atoms with Crippen molar-refractivity contribution in [1.82, 2.24) is 0 Å². The van der Waals surface area contributed by atoms with Crippen LogP contribution >= 0.6 is 0 Å². The molecule has 0 radical (unpaired) electrons. The van der Waals surface area contributed by atoms with Crippen molar-refractivity contribution in [3.63, 3.8) is 0 Å². The summed E-state index contributed by atoms with van der Waals surface area (Å²) >= 11 is 0. The molecule has 1 fully saturated rings. The summed E-state index contributed by atoms with van der Waals surface area (Å²) in [4.78, 5) is 11.1. The van der Waals surface area contributed by atoms with Gasteiger partial charge in [-0.3, -0.25) is 4.79 Å². The average molecular weight is 190 g/mol. The van der Waals surface area contributed by atoms with Crippen LogP contribution in [0.25, 0.3) is 0 Å². The first-order valence-electron chi connectivity index (χ1n) is 4.84. The molecule has 1 amide bonds. The number of amides is 1. The molecular weight excluding hydrogens is 176 g/mol. The van der Waals surface area contributed by atoms with Gasteiger partial charge in [-0.1, -0.05) is 18.2 Å². The molecule has 1 atom stereocenters. The first kappa shape index (κ1) is 9.21. The number of hydrogen-bond acceptors (Lipinski definition) is 2. The Balaban J connectivity index is 2.34. The van der Waals surface area contributed by atoms with Crippen molar-refractivity contribution in [2.45, 2.75) is 18.9 Å². The van der Waals surface area contributed by atoms with Gasteiger partial charge in [-0.15, -0.1) is 0 Å². The van der Waals surface area contributed by atoms with E-state index < -0.39 is 5.91 Å². The minimum Gasteiger partial charge on any atom is -0.366 e. The number of rotatable bonds is 3. The third kappa shape index (κ3) is 1.63. The highest BCUT2D eigenvalue weighted by Gasteiger charge is 2.31. The number of carbonyl (C=O) groups excluding carboxylic acids is 1. The van der Waals surface area contributed by atoms with Gasteiger partial charge in [-0.05, 0) is 30.4 Å².